The molecule has 0 aliphatic rings. The second-order valence-electron chi connectivity index (χ2n) is 7.05. The van der Waals surface area contributed by atoms with Gasteiger partial charge in [-0.05, 0) is 59.5 Å². The lowest BCUT2D eigenvalue weighted by Crippen LogP contribution is -2.10. The van der Waals surface area contributed by atoms with Crippen LogP contribution in [0.3, 0.4) is 0 Å². The third kappa shape index (κ3) is 4.60. The summed E-state index contributed by atoms with van der Waals surface area (Å²) >= 11 is 12.0. The molecule has 8 heteroatoms. The smallest absolute Gasteiger partial charge is 0.263 e. The highest BCUT2D eigenvalue weighted by Gasteiger charge is 2.35. The highest BCUT2D eigenvalue weighted by atomic mass is 35.5. The molecule has 4 aromatic rings. The van der Waals surface area contributed by atoms with Crippen molar-refractivity contribution in [3.63, 3.8) is 0 Å². The Bertz CT molecular complexity index is 1210. The Kier molecular flexibility index (Phi) is 5.77. The van der Waals surface area contributed by atoms with E-state index in [4.69, 9.17) is 23.2 Å². The zero-order valence-corrected chi connectivity index (χ0v) is 17.8. The van der Waals surface area contributed by atoms with Gasteiger partial charge < -0.3 is 0 Å². The van der Waals surface area contributed by atoms with Gasteiger partial charge in [0.15, 0.2) is 5.82 Å². The molecule has 3 nitrogen and oxygen atoms in total. The van der Waals surface area contributed by atoms with E-state index in [-0.39, 0.29) is 12.0 Å². The number of hydrogen-bond acceptors (Lipinski definition) is 2. The molecule has 3 aromatic carbocycles. The molecule has 0 radical (unpaired) electrons. The Morgan fingerprint density at radius 2 is 1.35 bits per heavy atom. The largest absolute Gasteiger partial charge is 0.417 e. The molecule has 0 atom stereocenters. The van der Waals surface area contributed by atoms with Crippen molar-refractivity contribution >= 4 is 23.2 Å². The van der Waals surface area contributed by atoms with E-state index in [1.165, 1.54) is 6.07 Å². The fourth-order valence-electron chi connectivity index (χ4n) is 3.53. The Morgan fingerprint density at radius 1 is 0.806 bits per heavy atom. The van der Waals surface area contributed by atoms with Gasteiger partial charge in [0.05, 0.1) is 5.56 Å². The first-order valence-corrected chi connectivity index (χ1v) is 10.1. The molecule has 1 N–H and O–H groups in total. The van der Waals surface area contributed by atoms with Crippen LogP contribution in [0.5, 0.6) is 0 Å². The molecule has 0 saturated heterocycles. The summed E-state index contributed by atoms with van der Waals surface area (Å²) in [5, 5.41) is 7.86. The number of rotatable bonds is 4. The Labute approximate surface area is 186 Å². The molecule has 0 fully saturated rings. The molecule has 1 heterocycles. The lowest BCUT2D eigenvalue weighted by Gasteiger charge is -2.21. The van der Waals surface area contributed by atoms with E-state index in [0.29, 0.717) is 43.9 Å². The molecule has 31 heavy (non-hydrogen) atoms. The second kappa shape index (κ2) is 8.36. The molecule has 0 unspecified atom stereocenters. The summed E-state index contributed by atoms with van der Waals surface area (Å²) < 4.78 is 42.2. The van der Waals surface area contributed by atoms with E-state index in [0.717, 1.165) is 6.07 Å². The first-order chi connectivity index (χ1) is 14.7. The van der Waals surface area contributed by atoms with Gasteiger partial charge in [-0.3, -0.25) is 5.10 Å². The predicted molar refractivity (Wildman–Crippen MR) is 116 cm³/mol. The van der Waals surface area contributed by atoms with Crippen LogP contribution < -0.4 is 0 Å². The SMILES string of the molecule is Cc1nc(Cc2ccc(C(F)(F)F)c(-c3ccc(Cl)cc3)c2-c2ccc(Cl)cc2)n[nH]1. The Balaban J connectivity index is 2.03. The van der Waals surface area contributed by atoms with Crippen LogP contribution in [-0.2, 0) is 12.6 Å². The standard InChI is InChI=1S/C23H16Cl2F3N3/c1-13-29-20(31-30-13)12-16-6-11-19(23(26,27)28)22(15-4-9-18(25)10-5-15)21(16)14-2-7-17(24)8-3-14/h2-11H,12H2,1H3,(H,29,30,31). The second-order valence-corrected chi connectivity index (χ2v) is 7.92. The maximum atomic E-state index is 14.1. The van der Waals surface area contributed by atoms with Crippen molar-refractivity contribution in [3.05, 3.63) is 93.5 Å². The van der Waals surface area contributed by atoms with Crippen LogP contribution in [-0.4, -0.2) is 15.2 Å². The minimum Gasteiger partial charge on any atom is -0.263 e. The normalized spacial score (nSPS) is 11.7. The topological polar surface area (TPSA) is 41.6 Å². The third-order valence-electron chi connectivity index (χ3n) is 4.85. The van der Waals surface area contributed by atoms with Crippen molar-refractivity contribution in [2.24, 2.45) is 0 Å². The fourth-order valence-corrected chi connectivity index (χ4v) is 3.78. The number of aryl methyl sites for hydroxylation is 1. The van der Waals surface area contributed by atoms with Gasteiger partial charge in [-0.25, -0.2) is 4.98 Å². The van der Waals surface area contributed by atoms with E-state index < -0.39 is 11.7 Å². The molecule has 0 amide bonds. The highest BCUT2D eigenvalue weighted by Crippen LogP contribution is 2.45. The van der Waals surface area contributed by atoms with Crippen LogP contribution in [0.15, 0.2) is 60.7 Å². The third-order valence-corrected chi connectivity index (χ3v) is 5.36. The van der Waals surface area contributed by atoms with Gasteiger partial charge in [-0.15, -0.1) is 0 Å². The summed E-state index contributed by atoms with van der Waals surface area (Å²) in [5.41, 5.74) is 1.50. The van der Waals surface area contributed by atoms with E-state index in [9.17, 15) is 13.2 Å². The van der Waals surface area contributed by atoms with Gasteiger partial charge in [-0.2, -0.15) is 18.3 Å². The van der Waals surface area contributed by atoms with Gasteiger partial charge in [0, 0.05) is 22.0 Å². The monoisotopic (exact) mass is 461 g/mol. The van der Waals surface area contributed by atoms with Crippen LogP contribution in [0, 0.1) is 6.92 Å². The number of H-pyrrole nitrogens is 1. The molecule has 0 aliphatic carbocycles. The number of nitrogens with one attached hydrogen (secondary N) is 1. The highest BCUT2D eigenvalue weighted by molar-refractivity contribution is 6.31. The molecule has 0 saturated carbocycles. The van der Waals surface area contributed by atoms with Gasteiger partial charge in [0.2, 0.25) is 0 Å². The Morgan fingerprint density at radius 3 is 1.84 bits per heavy atom. The zero-order valence-electron chi connectivity index (χ0n) is 16.3. The summed E-state index contributed by atoms with van der Waals surface area (Å²) in [4.78, 5) is 4.31. The van der Waals surface area contributed by atoms with Crippen LogP contribution in [0.4, 0.5) is 13.2 Å². The number of alkyl halides is 3. The molecule has 0 spiro atoms. The number of aromatic nitrogens is 3. The van der Waals surface area contributed by atoms with Crippen molar-refractivity contribution < 1.29 is 13.2 Å². The van der Waals surface area contributed by atoms with E-state index in [2.05, 4.69) is 15.2 Å². The van der Waals surface area contributed by atoms with Crippen molar-refractivity contribution in [1.82, 2.24) is 15.2 Å². The number of hydrogen-bond donors (Lipinski definition) is 1. The first-order valence-electron chi connectivity index (χ1n) is 9.35. The van der Waals surface area contributed by atoms with Crippen LogP contribution in [0.25, 0.3) is 22.3 Å². The summed E-state index contributed by atoms with van der Waals surface area (Å²) in [5.74, 6) is 1.13. The minimum atomic E-state index is -4.55. The number of aromatic amines is 1. The number of benzene rings is 3. The van der Waals surface area contributed by atoms with Gasteiger partial charge in [0.25, 0.3) is 0 Å². The zero-order chi connectivity index (χ0) is 22.2. The molecular formula is C23H16Cl2F3N3. The van der Waals surface area contributed by atoms with Crippen LogP contribution in [0.2, 0.25) is 10.0 Å². The predicted octanol–water partition coefficient (Wildman–Crippen LogP) is 7.36. The molecule has 4 rings (SSSR count). The molecule has 0 aliphatic heterocycles. The lowest BCUT2D eigenvalue weighted by atomic mass is 9.85. The number of nitrogens with zero attached hydrogens (tertiary/aromatic N) is 2. The average molecular weight is 462 g/mol. The fraction of sp³-hybridized carbons (Fsp3) is 0.130. The van der Waals surface area contributed by atoms with Gasteiger partial charge in [0.1, 0.15) is 5.82 Å². The van der Waals surface area contributed by atoms with E-state index in [1.807, 2.05) is 0 Å². The molecule has 1 aromatic heterocycles. The van der Waals surface area contributed by atoms with E-state index >= 15 is 0 Å². The van der Waals surface area contributed by atoms with E-state index in [1.54, 1.807) is 55.5 Å². The number of halogens is 5. The van der Waals surface area contributed by atoms with Crippen LogP contribution >= 0.6 is 23.2 Å². The Hall–Kier alpha value is -2.83. The summed E-state index contributed by atoms with van der Waals surface area (Å²) in [6.45, 7) is 1.77. The van der Waals surface area contributed by atoms with Crippen molar-refractivity contribution in [1.29, 1.82) is 0 Å². The molecule has 0 bridgehead atoms. The summed E-state index contributed by atoms with van der Waals surface area (Å²) in [7, 11) is 0. The quantitative estimate of drug-likeness (QED) is 0.344. The molecular weight excluding hydrogens is 446 g/mol. The molecule has 158 valence electrons. The maximum Gasteiger partial charge on any atom is 0.417 e. The van der Waals surface area contributed by atoms with Crippen molar-refractivity contribution in [2.45, 2.75) is 19.5 Å². The van der Waals surface area contributed by atoms with Crippen molar-refractivity contribution in [3.8, 4) is 22.3 Å². The van der Waals surface area contributed by atoms with Gasteiger partial charge in [-0.1, -0.05) is 53.5 Å². The van der Waals surface area contributed by atoms with Crippen molar-refractivity contribution in [2.75, 3.05) is 0 Å². The first kappa shape index (κ1) is 21.4. The maximum absolute atomic E-state index is 14.1. The minimum absolute atomic E-state index is 0.0799. The summed E-state index contributed by atoms with van der Waals surface area (Å²) in [6.07, 6.45) is -4.28. The van der Waals surface area contributed by atoms with Crippen LogP contribution in [0.1, 0.15) is 22.8 Å². The average Bonchev–Trinajstić information content (AvgIpc) is 3.13. The summed E-state index contributed by atoms with van der Waals surface area (Å²) in [6, 6.07) is 15.7. The lowest BCUT2D eigenvalue weighted by molar-refractivity contribution is -0.137. The van der Waals surface area contributed by atoms with Gasteiger partial charge >= 0.3 is 6.18 Å².